The third-order valence-electron chi connectivity index (χ3n) is 3.22. The third-order valence-corrected chi connectivity index (χ3v) is 3.22. The minimum Gasteiger partial charge on any atom is -0.452 e. The highest BCUT2D eigenvalue weighted by Gasteiger charge is 2.83. The smallest absolute Gasteiger partial charge is 0.452 e. The van der Waals surface area contributed by atoms with Crippen molar-refractivity contribution in [2.45, 2.75) is 29.9 Å². The van der Waals surface area contributed by atoms with Crippen LogP contribution >= 0.6 is 0 Å². The van der Waals surface area contributed by atoms with Crippen molar-refractivity contribution in [2.24, 2.45) is 0 Å². The Morgan fingerprint density at radius 2 is 1.40 bits per heavy atom. The minimum absolute atomic E-state index is 0.704. The van der Waals surface area contributed by atoms with Crippen LogP contribution in [0.2, 0.25) is 0 Å². The van der Waals surface area contributed by atoms with E-state index in [-0.39, 0.29) is 0 Å². The fourth-order valence-electron chi connectivity index (χ4n) is 1.98. The fraction of sp³-hybridized carbons (Fsp3) is 0.417. The number of hydrogen-bond acceptors (Lipinski definition) is 3. The number of ether oxygens (including phenoxy) is 1. The number of anilines is 1. The Morgan fingerprint density at radius 3 is 1.84 bits per heavy atom. The van der Waals surface area contributed by atoms with Gasteiger partial charge in [-0.25, -0.2) is 0 Å². The van der Waals surface area contributed by atoms with Crippen LogP contribution < -0.4 is 10.1 Å². The van der Waals surface area contributed by atoms with Crippen molar-refractivity contribution < 1.29 is 53.4 Å². The first-order chi connectivity index (χ1) is 11.1. The molecule has 1 atom stereocenters. The number of nitrogens with one attached hydrogen (secondary N) is 1. The number of carbonyl (C=O) groups excluding carboxylic acids is 1. The summed E-state index contributed by atoms with van der Waals surface area (Å²) in [4.78, 5) is 11.6. The van der Waals surface area contributed by atoms with Gasteiger partial charge in [-0.05, 0) is 12.1 Å². The van der Waals surface area contributed by atoms with Crippen LogP contribution in [0, 0.1) is 0 Å². The summed E-state index contributed by atoms with van der Waals surface area (Å²) in [5.74, 6) is -17.7. The molecule has 0 saturated heterocycles. The number of rotatable bonds is 3. The summed E-state index contributed by atoms with van der Waals surface area (Å²) in [5, 5.41) is 1.05. The zero-order valence-corrected chi connectivity index (χ0v) is 11.4. The van der Waals surface area contributed by atoms with E-state index in [0.717, 1.165) is 23.5 Å². The van der Waals surface area contributed by atoms with E-state index in [0.29, 0.717) is 6.07 Å². The van der Waals surface area contributed by atoms with Gasteiger partial charge in [0.25, 0.3) is 5.78 Å². The van der Waals surface area contributed by atoms with Crippen molar-refractivity contribution in [1.82, 2.24) is 0 Å². The van der Waals surface area contributed by atoms with Crippen molar-refractivity contribution in [3.05, 3.63) is 24.3 Å². The normalized spacial score (nSPS) is 21.4. The molecule has 1 aliphatic rings. The number of Topliss-reactive ketones (excluding diaryl/α,β-unsaturated/α-hetero) is 1. The van der Waals surface area contributed by atoms with Gasteiger partial charge in [-0.2, -0.15) is 43.9 Å². The van der Waals surface area contributed by atoms with Crippen LogP contribution in [0.25, 0.3) is 0 Å². The van der Waals surface area contributed by atoms with Crippen LogP contribution in [-0.2, 0) is 4.79 Å². The lowest BCUT2D eigenvalue weighted by atomic mass is 9.94. The monoisotopic (exact) mass is 385 g/mol. The first kappa shape index (κ1) is 19.1. The molecule has 140 valence electrons. The second-order valence-electron chi connectivity index (χ2n) is 4.88. The molecule has 1 unspecified atom stereocenters. The van der Waals surface area contributed by atoms with E-state index in [4.69, 9.17) is 0 Å². The van der Waals surface area contributed by atoms with Crippen molar-refractivity contribution in [1.29, 1.82) is 0 Å². The molecule has 1 heterocycles. The fourth-order valence-corrected chi connectivity index (χ4v) is 1.98. The van der Waals surface area contributed by atoms with Gasteiger partial charge >= 0.3 is 29.9 Å². The van der Waals surface area contributed by atoms with Crippen molar-refractivity contribution >= 4 is 11.5 Å². The molecule has 0 aliphatic carbocycles. The number of para-hydroxylation sites is 2. The molecule has 13 heteroatoms. The maximum atomic E-state index is 13.8. The predicted octanol–water partition coefficient (Wildman–Crippen LogP) is 4.15. The van der Waals surface area contributed by atoms with Gasteiger partial charge in [-0.3, -0.25) is 4.79 Å². The molecule has 0 aromatic heterocycles. The maximum absolute atomic E-state index is 13.8. The third kappa shape index (κ3) is 2.56. The second-order valence-corrected chi connectivity index (χ2v) is 4.88. The van der Waals surface area contributed by atoms with Crippen LogP contribution in [0.15, 0.2) is 24.3 Å². The van der Waals surface area contributed by atoms with Gasteiger partial charge < -0.3 is 10.1 Å². The van der Waals surface area contributed by atoms with E-state index in [1.165, 1.54) is 0 Å². The summed E-state index contributed by atoms with van der Waals surface area (Å²) < 4.78 is 133. The van der Waals surface area contributed by atoms with Gasteiger partial charge in [0.05, 0.1) is 5.69 Å². The molecule has 0 amide bonds. The lowest BCUT2D eigenvalue weighted by Crippen LogP contribution is -2.72. The molecule has 2 rings (SSSR count). The first-order valence-electron chi connectivity index (χ1n) is 6.08. The number of fused-ring (bicyclic) bond motifs is 1. The average Bonchev–Trinajstić information content (AvgIpc) is 2.84. The molecule has 1 aromatic rings. The molecule has 3 nitrogen and oxygen atoms in total. The van der Waals surface area contributed by atoms with E-state index in [2.05, 4.69) is 4.74 Å². The maximum Gasteiger partial charge on any atom is 0.461 e. The van der Waals surface area contributed by atoms with Gasteiger partial charge in [0.1, 0.15) is 5.75 Å². The molecule has 0 fully saturated rings. The predicted molar refractivity (Wildman–Crippen MR) is 60.4 cm³/mol. The number of halogens is 10. The molecule has 1 aromatic carbocycles. The number of carbonyl (C=O) groups is 1. The van der Waals surface area contributed by atoms with Gasteiger partial charge in [0, 0.05) is 0 Å². The number of hydrogen-bond donors (Lipinski definition) is 1. The second kappa shape index (κ2) is 5.14. The van der Waals surface area contributed by atoms with Crippen molar-refractivity contribution in [3.8, 4) is 5.75 Å². The molecule has 1 aliphatic heterocycles. The lowest BCUT2D eigenvalue weighted by molar-refractivity contribution is -0.331. The zero-order chi connectivity index (χ0) is 19.5. The molecule has 0 radical (unpaired) electrons. The largest absolute Gasteiger partial charge is 0.461 e. The van der Waals surface area contributed by atoms with Crippen molar-refractivity contribution in [2.75, 3.05) is 5.32 Å². The Morgan fingerprint density at radius 1 is 0.880 bits per heavy atom. The number of benzene rings is 1. The van der Waals surface area contributed by atoms with E-state index < -0.39 is 47.1 Å². The van der Waals surface area contributed by atoms with Gasteiger partial charge in [0.15, 0.2) is 0 Å². The summed E-state index contributed by atoms with van der Waals surface area (Å²) in [6.07, 6.45) is -13.4. The Kier molecular flexibility index (Phi) is 3.93. The quantitative estimate of drug-likeness (QED) is 0.795. The topological polar surface area (TPSA) is 38.3 Å². The van der Waals surface area contributed by atoms with E-state index >= 15 is 0 Å². The summed E-state index contributed by atoms with van der Waals surface area (Å²) in [6.45, 7) is 0. The molecule has 25 heavy (non-hydrogen) atoms. The highest BCUT2D eigenvalue weighted by Crippen LogP contribution is 2.54. The summed E-state index contributed by atoms with van der Waals surface area (Å²) in [7, 11) is 0. The van der Waals surface area contributed by atoms with Gasteiger partial charge in [0.2, 0.25) is 0 Å². The highest BCUT2D eigenvalue weighted by molar-refractivity contribution is 5.99. The Labute approximate surface area is 131 Å². The Balaban J connectivity index is 2.67. The molecule has 0 bridgehead atoms. The summed E-state index contributed by atoms with van der Waals surface area (Å²) in [5.41, 5.74) is -5.83. The van der Waals surface area contributed by atoms with Gasteiger partial charge in [-0.15, -0.1) is 0 Å². The Bertz CT molecular complexity index is 669. The lowest BCUT2D eigenvalue weighted by Gasteiger charge is -2.37. The van der Waals surface area contributed by atoms with E-state index in [1.54, 1.807) is 0 Å². The van der Waals surface area contributed by atoms with Crippen molar-refractivity contribution in [3.63, 3.8) is 0 Å². The summed E-state index contributed by atoms with van der Waals surface area (Å²) in [6, 6.07) is 3.50. The van der Waals surface area contributed by atoms with Crippen LogP contribution in [-0.4, -0.2) is 35.7 Å². The Hall–Kier alpha value is -2.21. The minimum atomic E-state index is -6.72. The molecular weight excluding hydrogens is 380 g/mol. The average molecular weight is 385 g/mol. The highest BCUT2D eigenvalue weighted by atomic mass is 19.4. The zero-order valence-electron chi connectivity index (χ0n) is 11.4. The molecular formula is C12H5F10NO2. The molecule has 1 N–H and O–H groups in total. The summed E-state index contributed by atoms with van der Waals surface area (Å²) >= 11 is 0. The standard InChI is InChI=1S/C12H5F10NO2/c13-8(14,11(17,18)19)7(24)9(10(15,16)12(20,21)22)23-5-3-1-2-4-6(5)25-9/h1-4,23H. The number of ketones is 1. The molecule has 0 spiro atoms. The van der Waals surface area contributed by atoms with Crippen LogP contribution in [0.4, 0.5) is 49.6 Å². The van der Waals surface area contributed by atoms with E-state index in [1.807, 2.05) is 0 Å². The van der Waals surface area contributed by atoms with E-state index in [9.17, 15) is 48.7 Å². The van der Waals surface area contributed by atoms with Gasteiger partial charge in [-0.1, -0.05) is 12.1 Å². The van der Waals surface area contributed by atoms with Crippen LogP contribution in [0.5, 0.6) is 5.75 Å². The number of alkyl halides is 10. The SMILES string of the molecule is O=C(C(F)(F)C(F)(F)F)C1(C(F)(F)C(F)(F)F)Nc2ccccc2O1. The molecule has 0 saturated carbocycles. The first-order valence-corrected chi connectivity index (χ1v) is 6.08. The van der Waals surface area contributed by atoms with Crippen LogP contribution in [0.1, 0.15) is 0 Å². The van der Waals surface area contributed by atoms with Crippen LogP contribution in [0.3, 0.4) is 0 Å².